The van der Waals surface area contributed by atoms with Gasteiger partial charge in [-0.15, -0.1) is 0 Å². The Morgan fingerprint density at radius 3 is 2.68 bits per heavy atom. The first-order valence-electron chi connectivity index (χ1n) is 6.45. The Labute approximate surface area is 122 Å². The molecule has 0 bridgehead atoms. The van der Waals surface area contributed by atoms with Crippen LogP contribution in [-0.2, 0) is 0 Å². The van der Waals surface area contributed by atoms with Crippen LogP contribution in [0, 0.1) is 5.82 Å². The molecule has 0 saturated heterocycles. The van der Waals surface area contributed by atoms with Gasteiger partial charge in [0.2, 0.25) is 5.43 Å². The Morgan fingerprint density at radius 2 is 2.18 bits per heavy atom. The molecule has 1 saturated carbocycles. The van der Waals surface area contributed by atoms with Crippen molar-refractivity contribution in [1.29, 1.82) is 0 Å². The van der Waals surface area contributed by atoms with Crippen molar-refractivity contribution in [2.75, 3.05) is 12.8 Å². The molecule has 6 nitrogen and oxygen atoms in total. The maximum Gasteiger partial charge on any atom is 0.341 e. The number of benzene rings is 1. The second-order valence-electron chi connectivity index (χ2n) is 5.10. The fourth-order valence-corrected chi connectivity index (χ4v) is 2.52. The van der Waals surface area contributed by atoms with Crippen molar-refractivity contribution in [1.82, 2.24) is 4.57 Å². The van der Waals surface area contributed by atoms with Crippen LogP contribution >= 0.6 is 0 Å². The molecule has 2 aromatic rings. The number of ether oxygens (including phenoxy) is 1. The first-order valence-corrected chi connectivity index (χ1v) is 6.45. The number of hydrogen-bond acceptors (Lipinski definition) is 4. The van der Waals surface area contributed by atoms with Crippen LogP contribution in [0.4, 0.5) is 14.5 Å². The molecule has 0 radical (unpaired) electrons. The third kappa shape index (κ3) is 1.91. The van der Waals surface area contributed by atoms with Gasteiger partial charge in [0.25, 0.3) is 0 Å². The number of carboxylic acids is 1. The summed E-state index contributed by atoms with van der Waals surface area (Å²) in [5.41, 5.74) is 3.71. The smallest absolute Gasteiger partial charge is 0.341 e. The maximum atomic E-state index is 13.9. The molecule has 1 heterocycles. The molecule has 8 heteroatoms. The Morgan fingerprint density at radius 1 is 1.55 bits per heavy atom. The number of anilines is 1. The Hall–Kier alpha value is -2.64. The fourth-order valence-electron chi connectivity index (χ4n) is 2.52. The van der Waals surface area contributed by atoms with Crippen molar-refractivity contribution < 1.29 is 23.4 Å². The van der Waals surface area contributed by atoms with E-state index in [0.29, 0.717) is 0 Å². The molecule has 1 aromatic heterocycles. The van der Waals surface area contributed by atoms with Gasteiger partial charge in [-0.2, -0.15) is 0 Å². The van der Waals surface area contributed by atoms with Crippen LogP contribution in [0.3, 0.4) is 0 Å². The number of aromatic carboxylic acids is 1. The number of hydrogen-bond donors (Lipinski definition) is 2. The number of nitrogens with zero attached hydrogens (tertiary/aromatic N) is 1. The van der Waals surface area contributed by atoms with Gasteiger partial charge in [0.15, 0.2) is 5.82 Å². The number of nitrogen functional groups attached to an aromatic ring is 1. The lowest BCUT2D eigenvalue weighted by Gasteiger charge is -2.16. The summed E-state index contributed by atoms with van der Waals surface area (Å²) in [4.78, 5) is 23.5. The Balaban J connectivity index is 2.52. The van der Waals surface area contributed by atoms with Gasteiger partial charge in [-0.25, -0.2) is 13.6 Å². The molecule has 22 heavy (non-hydrogen) atoms. The van der Waals surface area contributed by atoms with E-state index in [-0.39, 0.29) is 23.1 Å². The van der Waals surface area contributed by atoms with Gasteiger partial charge in [0, 0.05) is 18.7 Å². The van der Waals surface area contributed by atoms with E-state index < -0.39 is 40.7 Å². The number of fused-ring (bicyclic) bond motifs is 1. The lowest BCUT2D eigenvalue weighted by molar-refractivity contribution is 0.0694. The second-order valence-corrected chi connectivity index (χ2v) is 5.10. The van der Waals surface area contributed by atoms with Crippen molar-refractivity contribution in [3.8, 4) is 5.75 Å². The number of pyridine rings is 1. The van der Waals surface area contributed by atoms with Crippen LogP contribution in [0.1, 0.15) is 22.8 Å². The number of methoxy groups -OCH3 is 1. The van der Waals surface area contributed by atoms with Gasteiger partial charge in [-0.1, -0.05) is 0 Å². The average molecular weight is 310 g/mol. The zero-order valence-corrected chi connectivity index (χ0v) is 11.5. The molecule has 1 aliphatic rings. The third-order valence-electron chi connectivity index (χ3n) is 3.74. The summed E-state index contributed by atoms with van der Waals surface area (Å²) >= 11 is 0. The van der Waals surface area contributed by atoms with E-state index in [2.05, 4.69) is 0 Å². The molecule has 2 atom stereocenters. The normalized spacial score (nSPS) is 20.1. The van der Waals surface area contributed by atoms with Crippen molar-refractivity contribution >= 4 is 22.6 Å². The molecule has 116 valence electrons. The highest BCUT2D eigenvalue weighted by Crippen LogP contribution is 2.43. The summed E-state index contributed by atoms with van der Waals surface area (Å²) in [5.74, 6) is -2.39. The van der Waals surface area contributed by atoms with Crippen molar-refractivity contribution in [2.45, 2.75) is 18.6 Å². The largest absolute Gasteiger partial charge is 0.494 e. The van der Waals surface area contributed by atoms with Crippen LogP contribution in [0.25, 0.3) is 10.9 Å². The van der Waals surface area contributed by atoms with Crippen molar-refractivity contribution in [3.63, 3.8) is 0 Å². The van der Waals surface area contributed by atoms with Crippen LogP contribution < -0.4 is 15.9 Å². The summed E-state index contributed by atoms with van der Waals surface area (Å²) in [6.07, 6.45) is 0.0671. The van der Waals surface area contributed by atoms with Gasteiger partial charge in [-0.05, 0) is 0 Å². The number of carboxylic acid groups (broad SMARTS) is 1. The predicted molar refractivity (Wildman–Crippen MR) is 74.6 cm³/mol. The van der Waals surface area contributed by atoms with Gasteiger partial charge in [-0.3, -0.25) is 4.79 Å². The molecular formula is C14H12F2N2O4. The SMILES string of the molecule is COc1cc(F)c(N)c2c(=O)c(C(=O)O)cn([C@H]3C[C@@H]3F)c12. The number of alkyl halides is 1. The minimum Gasteiger partial charge on any atom is -0.494 e. The van der Waals surface area contributed by atoms with Crippen LogP contribution in [-0.4, -0.2) is 28.9 Å². The Kier molecular flexibility index (Phi) is 3.05. The summed E-state index contributed by atoms with van der Waals surface area (Å²) in [6, 6.07) is 0.365. The summed E-state index contributed by atoms with van der Waals surface area (Å²) in [7, 11) is 1.27. The van der Waals surface area contributed by atoms with Crippen molar-refractivity contribution in [2.24, 2.45) is 0 Å². The molecular weight excluding hydrogens is 298 g/mol. The molecule has 1 aliphatic carbocycles. The third-order valence-corrected chi connectivity index (χ3v) is 3.74. The topological polar surface area (TPSA) is 94.6 Å². The van der Waals surface area contributed by atoms with E-state index in [0.717, 1.165) is 12.3 Å². The highest BCUT2D eigenvalue weighted by atomic mass is 19.1. The number of nitrogens with two attached hydrogens (primary N) is 1. The summed E-state index contributed by atoms with van der Waals surface area (Å²) in [5, 5.41) is 8.82. The molecule has 3 rings (SSSR count). The molecule has 1 fully saturated rings. The number of rotatable bonds is 3. The van der Waals surface area contributed by atoms with E-state index in [1.807, 2.05) is 0 Å². The minimum atomic E-state index is -1.49. The molecule has 3 N–H and O–H groups in total. The van der Waals surface area contributed by atoms with Crippen LogP contribution in [0.15, 0.2) is 17.1 Å². The van der Waals surface area contributed by atoms with Crippen molar-refractivity contribution in [3.05, 3.63) is 33.9 Å². The van der Waals surface area contributed by atoms with Crippen LogP contribution in [0.2, 0.25) is 0 Å². The highest BCUT2D eigenvalue weighted by molar-refractivity contribution is 5.99. The van der Waals surface area contributed by atoms with E-state index >= 15 is 0 Å². The molecule has 0 spiro atoms. The molecule has 1 aromatic carbocycles. The lowest BCUT2D eigenvalue weighted by atomic mass is 10.1. The second kappa shape index (κ2) is 4.69. The fraction of sp³-hybridized carbons (Fsp3) is 0.286. The zero-order valence-electron chi connectivity index (χ0n) is 11.5. The molecule has 0 amide bonds. The van der Waals surface area contributed by atoms with E-state index in [9.17, 15) is 18.4 Å². The van der Waals surface area contributed by atoms with Gasteiger partial charge in [0.1, 0.15) is 17.5 Å². The lowest BCUT2D eigenvalue weighted by Crippen LogP contribution is -2.21. The maximum absolute atomic E-state index is 13.9. The van der Waals surface area contributed by atoms with Gasteiger partial charge < -0.3 is 20.1 Å². The van der Waals surface area contributed by atoms with Gasteiger partial charge >= 0.3 is 5.97 Å². The van der Waals surface area contributed by atoms with E-state index in [4.69, 9.17) is 15.6 Å². The Bertz CT molecular complexity index is 862. The standard InChI is InChI=1S/C14H12F2N2O4/c1-22-9-3-7(16)11(17)10-12(9)18(8-2-6(8)15)4-5(13(10)19)14(20)21/h3-4,6,8H,2,17H2,1H3,(H,20,21)/t6-,8-/m0/s1. The monoisotopic (exact) mass is 310 g/mol. The summed E-state index contributed by atoms with van der Waals surface area (Å²) in [6.45, 7) is 0. The first-order chi connectivity index (χ1) is 10.4. The predicted octanol–water partition coefficient (Wildman–Crippen LogP) is 1.71. The molecule has 0 aliphatic heterocycles. The number of aromatic nitrogens is 1. The van der Waals surface area contributed by atoms with Gasteiger partial charge in [0.05, 0.1) is 29.7 Å². The minimum absolute atomic E-state index is 0.00478. The first kappa shape index (κ1) is 14.3. The van der Waals surface area contributed by atoms with E-state index in [1.54, 1.807) is 0 Å². The average Bonchev–Trinajstić information content (AvgIpc) is 3.19. The quantitative estimate of drug-likeness (QED) is 0.842. The molecule has 0 unspecified atom stereocenters. The van der Waals surface area contributed by atoms with Crippen LogP contribution in [0.5, 0.6) is 5.75 Å². The number of halogens is 2. The zero-order chi connectivity index (χ0) is 16.2. The number of carbonyl (C=O) groups is 1. The van der Waals surface area contributed by atoms with E-state index in [1.165, 1.54) is 11.7 Å². The summed E-state index contributed by atoms with van der Waals surface area (Å²) < 4.78 is 33.6. The highest BCUT2D eigenvalue weighted by Gasteiger charge is 2.41.